The molecule has 0 aromatic carbocycles. The van der Waals surface area contributed by atoms with Gasteiger partial charge in [-0.15, -0.1) is 0 Å². The van der Waals surface area contributed by atoms with Gasteiger partial charge in [0.1, 0.15) is 5.76 Å². The molecule has 0 saturated carbocycles. The molecule has 3 heterocycles. The Morgan fingerprint density at radius 1 is 1.35 bits per heavy atom. The molecule has 3 aromatic rings. The summed E-state index contributed by atoms with van der Waals surface area (Å²) in [5.41, 5.74) is 3.73. The SMILES string of the molecule is c1ccn2ncc(CNC3CCCc4occc43)c2c1. The van der Waals surface area contributed by atoms with Crippen LogP contribution in [0, 0.1) is 0 Å². The number of hydrogen-bond acceptors (Lipinski definition) is 3. The zero-order chi connectivity index (χ0) is 13.4. The lowest BCUT2D eigenvalue weighted by Gasteiger charge is -2.22. The van der Waals surface area contributed by atoms with Gasteiger partial charge in [0.05, 0.1) is 18.0 Å². The molecular weight excluding hydrogens is 250 g/mol. The van der Waals surface area contributed by atoms with Crippen LogP contribution < -0.4 is 5.32 Å². The highest BCUT2D eigenvalue weighted by atomic mass is 16.3. The molecule has 1 aliphatic carbocycles. The third-order valence-electron chi connectivity index (χ3n) is 4.10. The summed E-state index contributed by atoms with van der Waals surface area (Å²) in [4.78, 5) is 0. The van der Waals surface area contributed by atoms with Gasteiger partial charge in [0.25, 0.3) is 0 Å². The van der Waals surface area contributed by atoms with Crippen molar-refractivity contribution in [2.45, 2.75) is 31.8 Å². The van der Waals surface area contributed by atoms with Crippen LogP contribution in [0.2, 0.25) is 0 Å². The predicted molar refractivity (Wildman–Crippen MR) is 76.4 cm³/mol. The number of nitrogens with zero attached hydrogens (tertiary/aromatic N) is 2. The monoisotopic (exact) mass is 267 g/mol. The molecule has 1 unspecified atom stereocenters. The topological polar surface area (TPSA) is 42.5 Å². The molecule has 0 amide bonds. The number of furan rings is 1. The van der Waals surface area contributed by atoms with Crippen molar-refractivity contribution in [1.29, 1.82) is 0 Å². The van der Waals surface area contributed by atoms with Crippen LogP contribution >= 0.6 is 0 Å². The summed E-state index contributed by atoms with van der Waals surface area (Å²) in [6.45, 7) is 0.836. The van der Waals surface area contributed by atoms with Crippen molar-refractivity contribution in [1.82, 2.24) is 14.9 Å². The first-order chi connectivity index (χ1) is 9.92. The maximum atomic E-state index is 5.54. The number of aromatic nitrogens is 2. The largest absolute Gasteiger partial charge is 0.469 e. The molecule has 1 aliphatic rings. The van der Waals surface area contributed by atoms with Gasteiger partial charge in [-0.25, -0.2) is 4.52 Å². The van der Waals surface area contributed by atoms with Crippen LogP contribution in [0.25, 0.3) is 5.52 Å². The zero-order valence-corrected chi connectivity index (χ0v) is 11.2. The summed E-state index contributed by atoms with van der Waals surface area (Å²) in [6.07, 6.45) is 9.16. The van der Waals surface area contributed by atoms with Gasteiger partial charge in [-0.3, -0.25) is 0 Å². The van der Waals surface area contributed by atoms with E-state index in [1.807, 2.05) is 23.0 Å². The van der Waals surface area contributed by atoms with Crippen molar-refractivity contribution in [3.8, 4) is 0 Å². The van der Waals surface area contributed by atoms with E-state index in [4.69, 9.17) is 4.42 Å². The number of aryl methyl sites for hydroxylation is 1. The number of pyridine rings is 1. The second kappa shape index (κ2) is 4.80. The van der Waals surface area contributed by atoms with Crippen LogP contribution in [0.1, 0.15) is 35.8 Å². The molecule has 4 rings (SSSR count). The highest BCUT2D eigenvalue weighted by molar-refractivity contribution is 5.53. The summed E-state index contributed by atoms with van der Waals surface area (Å²) in [5, 5.41) is 8.02. The van der Waals surface area contributed by atoms with Crippen LogP contribution in [-0.2, 0) is 13.0 Å². The minimum Gasteiger partial charge on any atom is -0.469 e. The van der Waals surface area contributed by atoms with E-state index in [9.17, 15) is 0 Å². The van der Waals surface area contributed by atoms with Crippen LogP contribution in [0.3, 0.4) is 0 Å². The van der Waals surface area contributed by atoms with E-state index in [0.717, 1.165) is 18.7 Å². The average Bonchev–Trinajstić information content (AvgIpc) is 3.12. The smallest absolute Gasteiger partial charge is 0.108 e. The van der Waals surface area contributed by atoms with Crippen molar-refractivity contribution in [3.63, 3.8) is 0 Å². The quantitative estimate of drug-likeness (QED) is 0.793. The van der Waals surface area contributed by atoms with E-state index in [-0.39, 0.29) is 0 Å². The number of hydrogen-bond donors (Lipinski definition) is 1. The summed E-state index contributed by atoms with van der Waals surface area (Å²) in [6, 6.07) is 8.65. The molecule has 1 N–H and O–H groups in total. The van der Waals surface area contributed by atoms with E-state index in [1.165, 1.54) is 29.5 Å². The molecule has 102 valence electrons. The van der Waals surface area contributed by atoms with Crippen LogP contribution in [0.15, 0.2) is 47.3 Å². The summed E-state index contributed by atoms with van der Waals surface area (Å²) < 4.78 is 7.45. The Labute approximate surface area is 117 Å². The summed E-state index contributed by atoms with van der Waals surface area (Å²) in [7, 11) is 0. The van der Waals surface area contributed by atoms with Gasteiger partial charge in [-0.1, -0.05) is 6.07 Å². The van der Waals surface area contributed by atoms with Crippen molar-refractivity contribution in [2.24, 2.45) is 0 Å². The van der Waals surface area contributed by atoms with Crippen molar-refractivity contribution in [3.05, 3.63) is 59.8 Å². The van der Waals surface area contributed by atoms with Gasteiger partial charge in [0, 0.05) is 36.3 Å². The molecule has 0 bridgehead atoms. The fourth-order valence-corrected chi connectivity index (χ4v) is 3.06. The highest BCUT2D eigenvalue weighted by Crippen LogP contribution is 2.30. The van der Waals surface area contributed by atoms with Crippen molar-refractivity contribution < 1.29 is 4.42 Å². The van der Waals surface area contributed by atoms with E-state index in [2.05, 4.69) is 28.6 Å². The molecule has 0 fully saturated rings. The molecule has 0 aliphatic heterocycles. The Kier molecular flexibility index (Phi) is 2.81. The van der Waals surface area contributed by atoms with Crippen molar-refractivity contribution in [2.75, 3.05) is 0 Å². The van der Waals surface area contributed by atoms with Crippen LogP contribution in [-0.4, -0.2) is 9.61 Å². The third-order valence-corrected chi connectivity index (χ3v) is 4.10. The first-order valence-corrected chi connectivity index (χ1v) is 7.13. The lowest BCUT2D eigenvalue weighted by molar-refractivity contribution is 0.411. The van der Waals surface area contributed by atoms with Crippen LogP contribution in [0.4, 0.5) is 0 Å². The van der Waals surface area contributed by atoms with Crippen LogP contribution in [0.5, 0.6) is 0 Å². The van der Waals surface area contributed by atoms with Gasteiger partial charge in [0.2, 0.25) is 0 Å². The molecular formula is C16H17N3O. The molecule has 3 aromatic heterocycles. The minimum atomic E-state index is 0.399. The number of rotatable bonds is 3. The maximum Gasteiger partial charge on any atom is 0.108 e. The lowest BCUT2D eigenvalue weighted by atomic mass is 9.93. The average molecular weight is 267 g/mol. The van der Waals surface area contributed by atoms with Gasteiger partial charge < -0.3 is 9.73 Å². The fourth-order valence-electron chi connectivity index (χ4n) is 3.06. The van der Waals surface area contributed by atoms with E-state index < -0.39 is 0 Å². The minimum absolute atomic E-state index is 0.399. The predicted octanol–water partition coefficient (Wildman–Crippen LogP) is 3.09. The maximum absolute atomic E-state index is 5.54. The second-order valence-corrected chi connectivity index (χ2v) is 5.33. The standard InChI is InChI=1S/C16H17N3O/c1-2-8-19-15(5-1)12(11-18-19)10-17-14-4-3-6-16-13(14)7-9-20-16/h1-2,5,7-9,11,14,17H,3-4,6,10H2. The van der Waals surface area contributed by atoms with Gasteiger partial charge >= 0.3 is 0 Å². The molecule has 20 heavy (non-hydrogen) atoms. The first-order valence-electron chi connectivity index (χ1n) is 7.13. The highest BCUT2D eigenvalue weighted by Gasteiger charge is 2.22. The van der Waals surface area contributed by atoms with E-state index in [0.29, 0.717) is 6.04 Å². The second-order valence-electron chi connectivity index (χ2n) is 5.33. The van der Waals surface area contributed by atoms with E-state index >= 15 is 0 Å². The molecule has 4 heteroatoms. The Balaban J connectivity index is 1.54. The summed E-state index contributed by atoms with van der Waals surface area (Å²) in [5.74, 6) is 1.15. The summed E-state index contributed by atoms with van der Waals surface area (Å²) >= 11 is 0. The molecule has 4 nitrogen and oxygen atoms in total. The van der Waals surface area contributed by atoms with Gasteiger partial charge in [-0.05, 0) is 31.0 Å². The Hall–Kier alpha value is -2.07. The normalized spacial score (nSPS) is 18.3. The molecule has 0 spiro atoms. The molecule has 0 radical (unpaired) electrons. The third kappa shape index (κ3) is 1.93. The Morgan fingerprint density at radius 2 is 2.35 bits per heavy atom. The Morgan fingerprint density at radius 3 is 3.35 bits per heavy atom. The first kappa shape index (κ1) is 11.7. The molecule has 0 saturated heterocycles. The van der Waals surface area contributed by atoms with Gasteiger partial charge in [0.15, 0.2) is 0 Å². The lowest BCUT2D eigenvalue weighted by Crippen LogP contribution is -2.23. The fraction of sp³-hybridized carbons (Fsp3) is 0.312. The van der Waals surface area contributed by atoms with Crippen molar-refractivity contribution >= 4 is 5.52 Å². The van der Waals surface area contributed by atoms with Gasteiger partial charge in [-0.2, -0.15) is 5.10 Å². The number of nitrogens with one attached hydrogen (secondary N) is 1. The molecule has 1 atom stereocenters. The zero-order valence-electron chi connectivity index (χ0n) is 11.2. The Bertz CT molecular complexity index is 728. The van der Waals surface area contributed by atoms with E-state index in [1.54, 1.807) is 6.26 Å². The number of fused-ring (bicyclic) bond motifs is 2.